The number of rotatable bonds is 8. The van der Waals surface area contributed by atoms with Crippen LogP contribution in [0.4, 0.5) is 0 Å². The summed E-state index contributed by atoms with van der Waals surface area (Å²) in [4.78, 5) is 0. The number of nitrogens with one attached hydrogen (secondary N) is 1. The molecule has 0 bridgehead atoms. The molecule has 0 aliphatic carbocycles. The van der Waals surface area contributed by atoms with Gasteiger partial charge in [0, 0.05) is 18.8 Å². The highest BCUT2D eigenvalue weighted by atomic mass is 16.5. The van der Waals surface area contributed by atoms with E-state index in [0.29, 0.717) is 12.5 Å². The molecule has 1 unspecified atom stereocenters. The monoisotopic (exact) mass is 203 g/mol. The molecule has 0 spiro atoms. The first-order chi connectivity index (χ1) is 6.54. The van der Waals surface area contributed by atoms with Crippen LogP contribution < -0.4 is 5.32 Å². The number of likely N-dealkylation sites (N-methyl/N-ethyl adjacent to an activating group) is 1. The van der Waals surface area contributed by atoms with Crippen LogP contribution in [0.3, 0.4) is 0 Å². The van der Waals surface area contributed by atoms with Gasteiger partial charge < -0.3 is 15.2 Å². The SMILES string of the molecule is CNC(C)(CO)CCOCCC(C)C. The van der Waals surface area contributed by atoms with Gasteiger partial charge in [0.2, 0.25) is 0 Å². The van der Waals surface area contributed by atoms with Crippen LogP contribution in [0.5, 0.6) is 0 Å². The molecule has 0 fully saturated rings. The Kier molecular flexibility index (Phi) is 7.15. The Labute approximate surface area is 87.8 Å². The van der Waals surface area contributed by atoms with Crippen LogP contribution in [-0.2, 0) is 4.74 Å². The van der Waals surface area contributed by atoms with Crippen LogP contribution in [0, 0.1) is 5.92 Å². The van der Waals surface area contributed by atoms with Crippen molar-refractivity contribution in [1.29, 1.82) is 0 Å². The van der Waals surface area contributed by atoms with E-state index in [9.17, 15) is 0 Å². The van der Waals surface area contributed by atoms with Crippen LogP contribution in [0.15, 0.2) is 0 Å². The Morgan fingerprint density at radius 3 is 2.43 bits per heavy atom. The zero-order chi connectivity index (χ0) is 11.0. The van der Waals surface area contributed by atoms with Gasteiger partial charge in [0.25, 0.3) is 0 Å². The standard InChI is InChI=1S/C11H25NO2/c1-10(2)5-7-14-8-6-11(3,9-13)12-4/h10,12-13H,5-9H2,1-4H3. The van der Waals surface area contributed by atoms with Gasteiger partial charge in [-0.25, -0.2) is 0 Å². The largest absolute Gasteiger partial charge is 0.394 e. The van der Waals surface area contributed by atoms with Crippen LogP contribution in [-0.4, -0.2) is 37.5 Å². The zero-order valence-electron chi connectivity index (χ0n) is 9.97. The molecule has 0 saturated carbocycles. The molecular formula is C11H25NO2. The molecular weight excluding hydrogens is 178 g/mol. The third kappa shape index (κ3) is 6.35. The maximum atomic E-state index is 9.11. The van der Waals surface area contributed by atoms with E-state index in [1.54, 1.807) is 0 Å². The normalized spacial score (nSPS) is 15.9. The Morgan fingerprint density at radius 2 is 2.00 bits per heavy atom. The van der Waals surface area contributed by atoms with Gasteiger partial charge in [-0.2, -0.15) is 0 Å². The van der Waals surface area contributed by atoms with Crippen molar-refractivity contribution < 1.29 is 9.84 Å². The number of hydrogen-bond donors (Lipinski definition) is 2. The molecule has 14 heavy (non-hydrogen) atoms. The van der Waals surface area contributed by atoms with Gasteiger partial charge in [0.15, 0.2) is 0 Å². The topological polar surface area (TPSA) is 41.5 Å². The Morgan fingerprint density at radius 1 is 1.36 bits per heavy atom. The maximum absolute atomic E-state index is 9.11. The molecule has 2 N–H and O–H groups in total. The quantitative estimate of drug-likeness (QED) is 0.586. The zero-order valence-corrected chi connectivity index (χ0v) is 9.97. The number of aliphatic hydroxyl groups is 1. The van der Waals surface area contributed by atoms with E-state index >= 15 is 0 Å². The van der Waals surface area contributed by atoms with Gasteiger partial charge in [0.05, 0.1) is 6.61 Å². The molecule has 0 saturated heterocycles. The first kappa shape index (κ1) is 13.9. The minimum absolute atomic E-state index is 0.150. The lowest BCUT2D eigenvalue weighted by molar-refractivity contribution is 0.0841. The smallest absolute Gasteiger partial charge is 0.0611 e. The van der Waals surface area contributed by atoms with Crippen LogP contribution in [0.25, 0.3) is 0 Å². The van der Waals surface area contributed by atoms with E-state index in [-0.39, 0.29) is 12.1 Å². The van der Waals surface area contributed by atoms with Gasteiger partial charge in [-0.15, -0.1) is 0 Å². The number of ether oxygens (including phenoxy) is 1. The Balaban J connectivity index is 3.43. The molecule has 0 radical (unpaired) electrons. The summed E-state index contributed by atoms with van der Waals surface area (Å²) < 4.78 is 5.49. The maximum Gasteiger partial charge on any atom is 0.0611 e. The fourth-order valence-corrected chi connectivity index (χ4v) is 1.00. The lowest BCUT2D eigenvalue weighted by atomic mass is 10.0. The molecule has 0 aliphatic rings. The molecule has 0 heterocycles. The highest BCUT2D eigenvalue weighted by molar-refractivity contribution is 4.79. The van der Waals surface area contributed by atoms with Crippen molar-refractivity contribution in [1.82, 2.24) is 5.32 Å². The minimum Gasteiger partial charge on any atom is -0.394 e. The summed E-state index contributed by atoms with van der Waals surface area (Å²) in [5.74, 6) is 0.698. The van der Waals surface area contributed by atoms with Crippen LogP contribution >= 0.6 is 0 Å². The first-order valence-corrected chi connectivity index (χ1v) is 5.41. The highest BCUT2D eigenvalue weighted by Crippen LogP contribution is 2.08. The second kappa shape index (κ2) is 7.21. The molecule has 0 aromatic carbocycles. The summed E-state index contributed by atoms with van der Waals surface area (Å²) in [5.41, 5.74) is -0.197. The van der Waals surface area contributed by atoms with Crippen molar-refractivity contribution in [2.75, 3.05) is 26.9 Å². The summed E-state index contributed by atoms with van der Waals surface area (Å²) in [7, 11) is 1.87. The van der Waals surface area contributed by atoms with Gasteiger partial charge in [0.1, 0.15) is 0 Å². The number of hydrogen-bond acceptors (Lipinski definition) is 3. The van der Waals surface area contributed by atoms with Crippen molar-refractivity contribution in [3.05, 3.63) is 0 Å². The molecule has 0 aromatic rings. The second-order valence-corrected chi connectivity index (χ2v) is 4.51. The van der Waals surface area contributed by atoms with Crippen LogP contribution in [0.1, 0.15) is 33.6 Å². The lowest BCUT2D eigenvalue weighted by Crippen LogP contribution is -2.44. The molecule has 0 rings (SSSR count). The van der Waals surface area contributed by atoms with Crippen molar-refractivity contribution in [3.63, 3.8) is 0 Å². The minimum atomic E-state index is -0.197. The molecule has 0 aliphatic heterocycles. The fraction of sp³-hybridized carbons (Fsp3) is 1.00. The van der Waals surface area contributed by atoms with E-state index in [2.05, 4.69) is 19.2 Å². The van der Waals surface area contributed by atoms with E-state index in [0.717, 1.165) is 19.4 Å². The summed E-state index contributed by atoms with van der Waals surface area (Å²) in [5, 5.41) is 12.2. The number of aliphatic hydroxyl groups excluding tert-OH is 1. The van der Waals surface area contributed by atoms with Gasteiger partial charge >= 0.3 is 0 Å². The second-order valence-electron chi connectivity index (χ2n) is 4.51. The van der Waals surface area contributed by atoms with Gasteiger partial charge in [-0.05, 0) is 32.7 Å². The van der Waals surface area contributed by atoms with E-state index < -0.39 is 0 Å². The molecule has 3 nitrogen and oxygen atoms in total. The molecule has 86 valence electrons. The molecule has 0 aromatic heterocycles. The predicted octanol–water partition coefficient (Wildman–Crippen LogP) is 1.41. The van der Waals surface area contributed by atoms with Gasteiger partial charge in [-0.3, -0.25) is 0 Å². The average Bonchev–Trinajstić information content (AvgIpc) is 2.16. The van der Waals surface area contributed by atoms with Crippen molar-refractivity contribution >= 4 is 0 Å². The van der Waals surface area contributed by atoms with Crippen molar-refractivity contribution in [2.24, 2.45) is 5.92 Å². The molecule has 1 atom stereocenters. The van der Waals surface area contributed by atoms with E-state index in [4.69, 9.17) is 9.84 Å². The fourth-order valence-electron chi connectivity index (χ4n) is 1.00. The van der Waals surface area contributed by atoms with E-state index in [1.165, 1.54) is 0 Å². The Hall–Kier alpha value is -0.120. The van der Waals surface area contributed by atoms with Crippen molar-refractivity contribution in [3.8, 4) is 0 Å². The third-order valence-corrected chi connectivity index (χ3v) is 2.59. The predicted molar refractivity (Wildman–Crippen MR) is 59.4 cm³/mol. The Bertz CT molecular complexity index is 133. The van der Waals surface area contributed by atoms with E-state index in [1.807, 2.05) is 14.0 Å². The highest BCUT2D eigenvalue weighted by Gasteiger charge is 2.19. The third-order valence-electron chi connectivity index (χ3n) is 2.59. The summed E-state index contributed by atoms with van der Waals surface area (Å²) in [6.45, 7) is 8.06. The first-order valence-electron chi connectivity index (χ1n) is 5.41. The molecule has 0 amide bonds. The summed E-state index contributed by atoms with van der Waals surface area (Å²) in [6.07, 6.45) is 1.95. The lowest BCUT2D eigenvalue weighted by Gasteiger charge is -2.26. The van der Waals surface area contributed by atoms with Gasteiger partial charge in [-0.1, -0.05) is 13.8 Å². The van der Waals surface area contributed by atoms with Crippen LogP contribution in [0.2, 0.25) is 0 Å². The van der Waals surface area contributed by atoms with Crippen molar-refractivity contribution in [2.45, 2.75) is 39.2 Å². The summed E-state index contributed by atoms with van der Waals surface area (Å²) >= 11 is 0. The summed E-state index contributed by atoms with van der Waals surface area (Å²) in [6, 6.07) is 0. The average molecular weight is 203 g/mol. The molecule has 3 heteroatoms.